The third-order valence-corrected chi connectivity index (χ3v) is 2.56. The van der Waals surface area contributed by atoms with Crippen molar-refractivity contribution in [3.63, 3.8) is 0 Å². The molecule has 0 aromatic carbocycles. The molecule has 16 heavy (non-hydrogen) atoms. The highest BCUT2D eigenvalue weighted by Gasteiger charge is 2.05. The quantitative estimate of drug-likeness (QED) is 0.353. The molecule has 1 aromatic rings. The van der Waals surface area contributed by atoms with E-state index in [1.807, 2.05) is 0 Å². The maximum Gasteiger partial charge on any atom is 0.274 e. The second kappa shape index (κ2) is 6.69. The molecule has 84 valence electrons. The lowest BCUT2D eigenvalue weighted by molar-refractivity contribution is -0.384. The standard InChI is InChI=1S/C10H11N3O2S/c1-2-6-16-7-5-12-10-8-9(13(14)15)3-4-11-10/h1,3-4,8H,5-7H2,(H,11,12). The second-order valence-corrected chi connectivity index (χ2v) is 3.95. The molecule has 0 bridgehead atoms. The lowest BCUT2D eigenvalue weighted by Gasteiger charge is -2.03. The number of terminal acetylenes is 1. The third kappa shape index (κ3) is 4.19. The molecule has 0 fully saturated rings. The van der Waals surface area contributed by atoms with E-state index in [0.717, 1.165) is 5.75 Å². The molecule has 0 spiro atoms. The normalized spacial score (nSPS) is 9.44. The molecule has 0 unspecified atom stereocenters. The minimum atomic E-state index is -0.444. The van der Waals surface area contributed by atoms with E-state index in [-0.39, 0.29) is 5.69 Å². The van der Waals surface area contributed by atoms with Gasteiger partial charge >= 0.3 is 0 Å². The Morgan fingerprint density at radius 3 is 3.19 bits per heavy atom. The molecule has 6 heteroatoms. The van der Waals surface area contributed by atoms with Crippen LogP contribution in [0.15, 0.2) is 18.3 Å². The van der Waals surface area contributed by atoms with Crippen molar-refractivity contribution >= 4 is 23.3 Å². The van der Waals surface area contributed by atoms with Gasteiger partial charge in [0, 0.05) is 24.6 Å². The highest BCUT2D eigenvalue weighted by molar-refractivity contribution is 7.99. The van der Waals surface area contributed by atoms with Crippen LogP contribution in [0.4, 0.5) is 11.5 Å². The Balaban J connectivity index is 2.39. The van der Waals surface area contributed by atoms with Crippen molar-refractivity contribution in [1.29, 1.82) is 0 Å². The first kappa shape index (κ1) is 12.3. The lowest BCUT2D eigenvalue weighted by Crippen LogP contribution is -2.06. The van der Waals surface area contributed by atoms with Gasteiger partial charge in [-0.25, -0.2) is 4.98 Å². The van der Waals surface area contributed by atoms with Crippen molar-refractivity contribution in [3.8, 4) is 12.3 Å². The summed E-state index contributed by atoms with van der Waals surface area (Å²) in [4.78, 5) is 14.0. The van der Waals surface area contributed by atoms with Crippen LogP contribution < -0.4 is 5.32 Å². The monoisotopic (exact) mass is 237 g/mol. The van der Waals surface area contributed by atoms with Crippen LogP contribution in [0.3, 0.4) is 0 Å². The Morgan fingerprint density at radius 2 is 2.50 bits per heavy atom. The van der Waals surface area contributed by atoms with Gasteiger partial charge in [0.05, 0.1) is 16.7 Å². The number of nitrogens with one attached hydrogen (secondary N) is 1. The zero-order chi connectivity index (χ0) is 11.8. The van der Waals surface area contributed by atoms with E-state index < -0.39 is 4.92 Å². The number of anilines is 1. The molecule has 1 heterocycles. The van der Waals surface area contributed by atoms with Gasteiger partial charge in [0.25, 0.3) is 5.69 Å². The van der Waals surface area contributed by atoms with Gasteiger partial charge < -0.3 is 5.32 Å². The molecular weight excluding hydrogens is 226 g/mol. The molecule has 0 aliphatic rings. The average Bonchev–Trinajstić information content (AvgIpc) is 2.29. The summed E-state index contributed by atoms with van der Waals surface area (Å²) in [6, 6.07) is 2.77. The van der Waals surface area contributed by atoms with Crippen LogP contribution in [0.1, 0.15) is 0 Å². The minimum absolute atomic E-state index is 0.0359. The molecule has 0 atom stereocenters. The van der Waals surface area contributed by atoms with E-state index in [9.17, 15) is 10.1 Å². The summed E-state index contributed by atoms with van der Waals surface area (Å²) in [6.45, 7) is 0.681. The fourth-order valence-electron chi connectivity index (χ4n) is 1.01. The zero-order valence-electron chi connectivity index (χ0n) is 8.55. The molecule has 1 aromatic heterocycles. The van der Waals surface area contributed by atoms with Crippen molar-refractivity contribution < 1.29 is 4.92 Å². The number of nitrogens with zero attached hydrogens (tertiary/aromatic N) is 2. The van der Waals surface area contributed by atoms with Gasteiger partial charge in [0.2, 0.25) is 0 Å². The van der Waals surface area contributed by atoms with Gasteiger partial charge in [0.1, 0.15) is 5.82 Å². The van der Waals surface area contributed by atoms with Gasteiger partial charge in [-0.1, -0.05) is 5.92 Å². The summed E-state index contributed by atoms with van der Waals surface area (Å²) in [7, 11) is 0. The van der Waals surface area contributed by atoms with Crippen LogP contribution in [0.25, 0.3) is 0 Å². The van der Waals surface area contributed by atoms with E-state index >= 15 is 0 Å². The maximum atomic E-state index is 10.5. The van der Waals surface area contributed by atoms with Crippen molar-refractivity contribution in [1.82, 2.24) is 4.98 Å². The average molecular weight is 237 g/mol. The van der Waals surface area contributed by atoms with Gasteiger partial charge in [-0.2, -0.15) is 0 Å². The van der Waals surface area contributed by atoms with Crippen LogP contribution in [0, 0.1) is 22.5 Å². The van der Waals surface area contributed by atoms with Crippen LogP contribution >= 0.6 is 11.8 Å². The zero-order valence-corrected chi connectivity index (χ0v) is 9.37. The third-order valence-electron chi connectivity index (χ3n) is 1.69. The first-order valence-corrected chi connectivity index (χ1v) is 5.75. The second-order valence-electron chi connectivity index (χ2n) is 2.84. The van der Waals surface area contributed by atoms with Gasteiger partial charge in [-0.05, 0) is 0 Å². The summed E-state index contributed by atoms with van der Waals surface area (Å²) >= 11 is 1.62. The molecular formula is C10H11N3O2S. The van der Waals surface area contributed by atoms with Gasteiger partial charge in [0.15, 0.2) is 0 Å². The predicted octanol–water partition coefficient (Wildman–Crippen LogP) is 1.77. The topological polar surface area (TPSA) is 68.1 Å². The number of hydrogen-bond donors (Lipinski definition) is 1. The van der Waals surface area contributed by atoms with Crippen molar-refractivity contribution in [3.05, 3.63) is 28.4 Å². The minimum Gasteiger partial charge on any atom is -0.369 e. The molecule has 0 amide bonds. The van der Waals surface area contributed by atoms with Crippen LogP contribution in [0.5, 0.6) is 0 Å². The number of aromatic nitrogens is 1. The maximum absolute atomic E-state index is 10.5. The molecule has 0 aliphatic heterocycles. The summed E-state index contributed by atoms with van der Waals surface area (Å²) in [5.74, 6) is 4.54. The van der Waals surface area contributed by atoms with E-state index in [4.69, 9.17) is 6.42 Å². The Morgan fingerprint density at radius 1 is 1.69 bits per heavy atom. The summed E-state index contributed by atoms with van der Waals surface area (Å²) in [6.07, 6.45) is 6.51. The van der Waals surface area contributed by atoms with E-state index in [1.54, 1.807) is 11.8 Å². The van der Waals surface area contributed by atoms with Crippen LogP contribution in [-0.4, -0.2) is 28.0 Å². The van der Waals surface area contributed by atoms with Crippen molar-refractivity contribution in [2.24, 2.45) is 0 Å². The highest BCUT2D eigenvalue weighted by atomic mass is 32.2. The van der Waals surface area contributed by atoms with E-state index in [0.29, 0.717) is 18.1 Å². The number of hydrogen-bond acceptors (Lipinski definition) is 5. The Bertz CT molecular complexity index is 403. The molecule has 0 saturated carbocycles. The smallest absolute Gasteiger partial charge is 0.274 e. The molecule has 1 N–H and O–H groups in total. The van der Waals surface area contributed by atoms with Crippen molar-refractivity contribution in [2.45, 2.75) is 0 Å². The first-order valence-electron chi connectivity index (χ1n) is 4.59. The first-order chi connectivity index (χ1) is 7.74. The van der Waals surface area contributed by atoms with E-state index in [1.165, 1.54) is 18.3 Å². The van der Waals surface area contributed by atoms with Gasteiger partial charge in [-0.3, -0.25) is 10.1 Å². The predicted molar refractivity (Wildman–Crippen MR) is 65.5 cm³/mol. The van der Waals surface area contributed by atoms with Crippen molar-refractivity contribution in [2.75, 3.05) is 23.4 Å². The SMILES string of the molecule is C#CCSCCNc1cc([N+](=O)[O-])ccn1. The molecule has 0 aliphatic carbocycles. The summed E-state index contributed by atoms with van der Waals surface area (Å²) in [5, 5.41) is 13.5. The Hall–Kier alpha value is -1.74. The van der Waals surface area contributed by atoms with Gasteiger partial charge in [-0.15, -0.1) is 18.2 Å². The fraction of sp³-hybridized carbons (Fsp3) is 0.300. The molecule has 0 radical (unpaired) electrons. The lowest BCUT2D eigenvalue weighted by atomic mass is 10.4. The van der Waals surface area contributed by atoms with E-state index in [2.05, 4.69) is 16.2 Å². The highest BCUT2D eigenvalue weighted by Crippen LogP contribution is 2.13. The molecule has 1 rings (SSSR count). The number of thioether (sulfide) groups is 1. The molecule has 5 nitrogen and oxygen atoms in total. The fourth-order valence-corrected chi connectivity index (χ4v) is 1.52. The Labute approximate surface area is 97.8 Å². The summed E-state index contributed by atoms with van der Waals surface area (Å²) < 4.78 is 0. The van der Waals surface area contributed by atoms with Crippen LogP contribution in [0.2, 0.25) is 0 Å². The number of nitro groups is 1. The molecule has 0 saturated heterocycles. The van der Waals surface area contributed by atoms with Crippen LogP contribution in [-0.2, 0) is 0 Å². The summed E-state index contributed by atoms with van der Waals surface area (Å²) in [5.41, 5.74) is 0.0359. The number of pyridine rings is 1. The number of rotatable bonds is 6. The largest absolute Gasteiger partial charge is 0.369 e. The Kier molecular flexibility index (Phi) is 5.16.